The summed E-state index contributed by atoms with van der Waals surface area (Å²) in [4.78, 5) is 11.4. The highest BCUT2D eigenvalue weighted by Gasteiger charge is 2.19. The van der Waals surface area contributed by atoms with E-state index in [9.17, 15) is 17.6 Å². The van der Waals surface area contributed by atoms with Crippen molar-refractivity contribution in [1.29, 1.82) is 0 Å². The van der Waals surface area contributed by atoms with Gasteiger partial charge in [-0.15, -0.1) is 0 Å². The minimum absolute atomic E-state index is 0.0693. The molecule has 0 aromatic heterocycles. The fourth-order valence-corrected chi connectivity index (χ4v) is 2.36. The molecule has 0 spiro atoms. The first-order valence-corrected chi connectivity index (χ1v) is 6.92. The maximum Gasteiger partial charge on any atom is 0.251 e. The van der Waals surface area contributed by atoms with Gasteiger partial charge in [0.15, 0.2) is 0 Å². The van der Waals surface area contributed by atoms with Crippen molar-refractivity contribution >= 4 is 15.9 Å². The molecule has 0 fully saturated rings. The number of halogens is 1. The van der Waals surface area contributed by atoms with Gasteiger partial charge in [0.25, 0.3) is 5.91 Å². The van der Waals surface area contributed by atoms with E-state index in [4.69, 9.17) is 9.88 Å². The predicted molar refractivity (Wildman–Crippen MR) is 66.7 cm³/mol. The Morgan fingerprint density at radius 3 is 2.63 bits per heavy atom. The Morgan fingerprint density at radius 2 is 2.11 bits per heavy atom. The molecular weight excluding hydrogens is 275 g/mol. The van der Waals surface area contributed by atoms with Crippen molar-refractivity contribution in [2.45, 2.75) is 11.8 Å². The summed E-state index contributed by atoms with van der Waals surface area (Å²) in [5.41, 5.74) is 0.0407. The maximum atomic E-state index is 13.4. The number of amides is 1. The minimum Gasteiger partial charge on any atom is -0.383 e. The molecule has 0 unspecified atom stereocenters. The number of benzene rings is 1. The summed E-state index contributed by atoms with van der Waals surface area (Å²) in [5, 5.41) is 7.45. The lowest BCUT2D eigenvalue weighted by atomic mass is 10.1. The molecule has 106 valence electrons. The van der Waals surface area contributed by atoms with E-state index < -0.39 is 26.6 Å². The number of hydrogen-bond donors (Lipinski definition) is 2. The number of rotatable bonds is 5. The van der Waals surface area contributed by atoms with Crippen molar-refractivity contribution < 1.29 is 22.3 Å². The summed E-state index contributed by atoms with van der Waals surface area (Å²) in [7, 11) is -2.61. The van der Waals surface area contributed by atoms with Crippen molar-refractivity contribution in [2.24, 2.45) is 5.14 Å². The average Bonchev–Trinajstić information content (AvgIpc) is 2.30. The smallest absolute Gasteiger partial charge is 0.251 e. The first kappa shape index (κ1) is 15.5. The molecule has 0 radical (unpaired) electrons. The van der Waals surface area contributed by atoms with Gasteiger partial charge in [0.2, 0.25) is 10.0 Å². The number of nitrogens with one attached hydrogen (secondary N) is 1. The van der Waals surface area contributed by atoms with Gasteiger partial charge >= 0.3 is 0 Å². The molecule has 1 aromatic carbocycles. The van der Waals surface area contributed by atoms with Crippen LogP contribution in [0.5, 0.6) is 0 Å². The van der Waals surface area contributed by atoms with Gasteiger partial charge in [0, 0.05) is 19.2 Å². The quantitative estimate of drug-likeness (QED) is 0.754. The zero-order valence-electron chi connectivity index (χ0n) is 10.6. The highest BCUT2D eigenvalue weighted by atomic mass is 32.2. The van der Waals surface area contributed by atoms with Gasteiger partial charge in [-0.2, -0.15) is 0 Å². The number of sulfonamides is 1. The Hall–Kier alpha value is -1.51. The first-order chi connectivity index (χ1) is 8.77. The van der Waals surface area contributed by atoms with Crippen LogP contribution in [0.4, 0.5) is 4.39 Å². The molecule has 0 aliphatic carbocycles. The molecule has 1 aromatic rings. The van der Waals surface area contributed by atoms with Crippen LogP contribution in [0.1, 0.15) is 15.9 Å². The van der Waals surface area contributed by atoms with Gasteiger partial charge < -0.3 is 10.1 Å². The van der Waals surface area contributed by atoms with Gasteiger partial charge in [0.1, 0.15) is 5.82 Å². The lowest BCUT2D eigenvalue weighted by Gasteiger charge is -2.10. The van der Waals surface area contributed by atoms with E-state index in [1.54, 1.807) is 0 Å². The molecule has 8 heteroatoms. The predicted octanol–water partition coefficient (Wildman–Crippen LogP) is 0.158. The largest absolute Gasteiger partial charge is 0.383 e. The summed E-state index contributed by atoms with van der Waals surface area (Å²) in [6.07, 6.45) is 0. The third kappa shape index (κ3) is 3.98. The molecule has 1 amide bonds. The third-order valence-electron chi connectivity index (χ3n) is 2.47. The van der Waals surface area contributed by atoms with Gasteiger partial charge in [0.05, 0.1) is 11.5 Å². The van der Waals surface area contributed by atoms with Crippen LogP contribution in [0, 0.1) is 12.7 Å². The van der Waals surface area contributed by atoms with Gasteiger partial charge in [-0.3, -0.25) is 4.79 Å². The van der Waals surface area contributed by atoms with Crippen LogP contribution in [-0.4, -0.2) is 34.6 Å². The zero-order valence-corrected chi connectivity index (χ0v) is 11.4. The second-order valence-corrected chi connectivity index (χ2v) is 5.40. The van der Waals surface area contributed by atoms with E-state index >= 15 is 0 Å². The minimum atomic E-state index is -4.08. The van der Waals surface area contributed by atoms with Crippen molar-refractivity contribution in [3.8, 4) is 0 Å². The number of hydrogen-bond acceptors (Lipinski definition) is 4. The van der Waals surface area contributed by atoms with Gasteiger partial charge in [-0.25, -0.2) is 17.9 Å². The van der Waals surface area contributed by atoms with E-state index in [-0.39, 0.29) is 17.7 Å². The van der Waals surface area contributed by atoms with Crippen molar-refractivity contribution in [1.82, 2.24) is 5.32 Å². The first-order valence-electron chi connectivity index (χ1n) is 5.37. The second-order valence-electron chi connectivity index (χ2n) is 3.87. The van der Waals surface area contributed by atoms with E-state index in [0.29, 0.717) is 6.61 Å². The molecule has 0 bridgehead atoms. The Labute approximate surface area is 110 Å². The van der Waals surface area contributed by atoms with Crippen molar-refractivity contribution in [3.05, 3.63) is 29.1 Å². The molecule has 0 atom stereocenters. The Balaban J connectivity index is 3.15. The van der Waals surface area contributed by atoms with E-state index in [1.807, 2.05) is 0 Å². The lowest BCUT2D eigenvalue weighted by molar-refractivity contribution is 0.0935. The summed E-state index contributed by atoms with van der Waals surface area (Å²) >= 11 is 0. The topological polar surface area (TPSA) is 98.5 Å². The molecule has 19 heavy (non-hydrogen) atoms. The van der Waals surface area contributed by atoms with Crippen LogP contribution in [0.2, 0.25) is 0 Å². The Bertz CT molecular complexity index is 587. The molecule has 0 aliphatic rings. The second kappa shape index (κ2) is 6.09. The van der Waals surface area contributed by atoms with Crippen LogP contribution in [0.25, 0.3) is 0 Å². The standard InChI is InChI=1S/C11H15FN2O4S/c1-7-9(11(15)14-3-4-18-2)5-8(12)6-10(7)19(13,16)17/h5-6H,3-4H2,1-2H3,(H,14,15)(H2,13,16,17). The summed E-state index contributed by atoms with van der Waals surface area (Å²) < 4.78 is 40.7. The molecule has 3 N–H and O–H groups in total. The summed E-state index contributed by atoms with van der Waals surface area (Å²) in [5.74, 6) is -1.43. The van der Waals surface area contributed by atoms with Crippen molar-refractivity contribution in [3.63, 3.8) is 0 Å². The Morgan fingerprint density at radius 1 is 1.47 bits per heavy atom. The maximum absolute atomic E-state index is 13.4. The van der Waals surface area contributed by atoms with Crippen LogP contribution >= 0.6 is 0 Å². The van der Waals surface area contributed by atoms with Crippen LogP contribution < -0.4 is 10.5 Å². The molecule has 0 saturated heterocycles. The molecular formula is C11H15FN2O4S. The molecule has 0 heterocycles. The number of carbonyl (C=O) groups excluding carboxylic acids is 1. The fourth-order valence-electron chi connectivity index (χ4n) is 1.55. The molecule has 6 nitrogen and oxygen atoms in total. The zero-order chi connectivity index (χ0) is 14.6. The monoisotopic (exact) mass is 290 g/mol. The fraction of sp³-hybridized carbons (Fsp3) is 0.364. The van der Waals surface area contributed by atoms with Crippen LogP contribution in [-0.2, 0) is 14.8 Å². The van der Waals surface area contributed by atoms with E-state index in [2.05, 4.69) is 5.32 Å². The number of nitrogens with two attached hydrogens (primary N) is 1. The molecule has 1 rings (SSSR count). The lowest BCUT2D eigenvalue weighted by Crippen LogP contribution is -2.28. The summed E-state index contributed by atoms with van der Waals surface area (Å²) in [6.45, 7) is 1.92. The van der Waals surface area contributed by atoms with Crippen molar-refractivity contribution in [2.75, 3.05) is 20.3 Å². The van der Waals surface area contributed by atoms with Crippen LogP contribution in [0.3, 0.4) is 0 Å². The highest BCUT2D eigenvalue weighted by Crippen LogP contribution is 2.19. The third-order valence-corrected chi connectivity index (χ3v) is 3.50. The summed E-state index contributed by atoms with van der Waals surface area (Å²) in [6, 6.07) is 1.75. The highest BCUT2D eigenvalue weighted by molar-refractivity contribution is 7.89. The van der Waals surface area contributed by atoms with Gasteiger partial charge in [-0.05, 0) is 24.6 Å². The van der Waals surface area contributed by atoms with E-state index in [1.165, 1.54) is 14.0 Å². The number of primary sulfonamides is 1. The van der Waals surface area contributed by atoms with Gasteiger partial charge in [-0.1, -0.05) is 0 Å². The van der Waals surface area contributed by atoms with Crippen LogP contribution in [0.15, 0.2) is 17.0 Å². The van der Waals surface area contributed by atoms with E-state index in [0.717, 1.165) is 12.1 Å². The SMILES string of the molecule is COCCNC(=O)c1cc(F)cc(S(N)(=O)=O)c1C. The normalized spacial score (nSPS) is 11.4. The molecule has 0 aliphatic heterocycles. The Kier molecular flexibility index (Phi) is 4.98. The number of ether oxygens (including phenoxy) is 1. The molecule has 0 saturated carbocycles. The average molecular weight is 290 g/mol. The number of methoxy groups -OCH3 is 1. The number of carbonyl (C=O) groups is 1.